The minimum absolute atomic E-state index is 0.103. The Morgan fingerprint density at radius 1 is 1.00 bits per heavy atom. The maximum absolute atomic E-state index is 13.4. The van der Waals surface area contributed by atoms with E-state index in [0.717, 1.165) is 36.8 Å². The van der Waals surface area contributed by atoms with Crippen LogP contribution in [0.25, 0.3) is 0 Å². The van der Waals surface area contributed by atoms with E-state index in [1.165, 1.54) is 6.42 Å². The van der Waals surface area contributed by atoms with Gasteiger partial charge in [-0.25, -0.2) is 0 Å². The van der Waals surface area contributed by atoms with Crippen LogP contribution in [0.4, 0.5) is 0 Å². The highest BCUT2D eigenvalue weighted by Gasteiger charge is 2.30. The highest BCUT2D eigenvalue weighted by atomic mass is 35.5. The van der Waals surface area contributed by atoms with Crippen molar-refractivity contribution in [3.05, 3.63) is 68.7 Å². The molecule has 2 aromatic rings. The summed E-state index contributed by atoms with van der Waals surface area (Å²) in [5, 5.41) is 4.59. The molecule has 1 atom stereocenters. The van der Waals surface area contributed by atoms with Gasteiger partial charge in [-0.2, -0.15) is 0 Å². The monoisotopic (exact) mass is 494 g/mol. The molecule has 0 aliphatic heterocycles. The van der Waals surface area contributed by atoms with Gasteiger partial charge in [0.1, 0.15) is 6.04 Å². The SMILES string of the molecule is CCC(C(=O)NC1CCCCC1)N(Cc1ccccc1Cl)C(=O)Cc1ccc(Cl)c(Cl)c1. The summed E-state index contributed by atoms with van der Waals surface area (Å²) < 4.78 is 0. The predicted octanol–water partition coefficient (Wildman–Crippen LogP) is 6.45. The van der Waals surface area contributed by atoms with Crippen molar-refractivity contribution in [2.45, 2.75) is 70.5 Å². The largest absolute Gasteiger partial charge is 0.352 e. The van der Waals surface area contributed by atoms with Gasteiger partial charge in [0.2, 0.25) is 11.8 Å². The molecule has 1 aliphatic carbocycles. The Bertz CT molecular complexity index is 945. The van der Waals surface area contributed by atoms with E-state index in [9.17, 15) is 9.59 Å². The number of rotatable bonds is 8. The first-order valence-corrected chi connectivity index (χ1v) is 12.3. The van der Waals surface area contributed by atoms with Crippen LogP contribution in [-0.2, 0) is 22.6 Å². The smallest absolute Gasteiger partial charge is 0.243 e. The topological polar surface area (TPSA) is 49.4 Å². The van der Waals surface area contributed by atoms with Crippen molar-refractivity contribution in [3.8, 4) is 0 Å². The maximum atomic E-state index is 13.4. The molecular weight excluding hydrogens is 467 g/mol. The van der Waals surface area contributed by atoms with Crippen LogP contribution in [0.3, 0.4) is 0 Å². The summed E-state index contributed by atoms with van der Waals surface area (Å²) in [6, 6.07) is 12.2. The predicted molar refractivity (Wildman–Crippen MR) is 131 cm³/mol. The molecule has 4 nitrogen and oxygen atoms in total. The molecular formula is C25H29Cl3N2O2. The lowest BCUT2D eigenvalue weighted by Gasteiger charge is -2.33. The van der Waals surface area contributed by atoms with Crippen molar-refractivity contribution >= 4 is 46.6 Å². The summed E-state index contributed by atoms with van der Waals surface area (Å²) in [5.41, 5.74) is 1.55. The van der Waals surface area contributed by atoms with Crippen molar-refractivity contribution in [3.63, 3.8) is 0 Å². The van der Waals surface area contributed by atoms with Crippen LogP contribution in [0.2, 0.25) is 15.1 Å². The molecule has 1 saturated carbocycles. The van der Waals surface area contributed by atoms with E-state index in [2.05, 4.69) is 5.32 Å². The van der Waals surface area contributed by atoms with Crippen LogP contribution >= 0.6 is 34.8 Å². The molecule has 0 bridgehead atoms. The average molecular weight is 496 g/mol. The van der Waals surface area contributed by atoms with Crippen LogP contribution in [0, 0.1) is 0 Å². The van der Waals surface area contributed by atoms with Crippen LogP contribution in [0.1, 0.15) is 56.6 Å². The number of carbonyl (C=O) groups is 2. The van der Waals surface area contributed by atoms with E-state index in [1.807, 2.05) is 25.1 Å². The number of amides is 2. The van der Waals surface area contributed by atoms with E-state index in [4.69, 9.17) is 34.8 Å². The molecule has 0 radical (unpaired) electrons. The summed E-state index contributed by atoms with van der Waals surface area (Å²) in [7, 11) is 0. The molecule has 172 valence electrons. The van der Waals surface area contributed by atoms with E-state index in [0.29, 0.717) is 21.5 Å². The summed E-state index contributed by atoms with van der Waals surface area (Å²) in [4.78, 5) is 28.3. The van der Waals surface area contributed by atoms with Gasteiger partial charge in [-0.15, -0.1) is 0 Å². The third-order valence-corrected chi connectivity index (χ3v) is 7.08. The zero-order valence-electron chi connectivity index (χ0n) is 18.3. The Labute approximate surface area is 205 Å². The normalized spacial score (nSPS) is 15.2. The lowest BCUT2D eigenvalue weighted by molar-refractivity contribution is -0.141. The molecule has 1 unspecified atom stereocenters. The second-order valence-electron chi connectivity index (χ2n) is 8.31. The van der Waals surface area contributed by atoms with E-state index < -0.39 is 6.04 Å². The lowest BCUT2D eigenvalue weighted by Crippen LogP contribution is -2.52. The highest BCUT2D eigenvalue weighted by molar-refractivity contribution is 6.42. The van der Waals surface area contributed by atoms with Gasteiger partial charge in [0, 0.05) is 17.6 Å². The Hall–Kier alpha value is -1.75. The Morgan fingerprint density at radius 2 is 1.72 bits per heavy atom. The van der Waals surface area contributed by atoms with E-state index in [-0.39, 0.29) is 30.8 Å². The molecule has 0 heterocycles. The molecule has 0 saturated heterocycles. The van der Waals surface area contributed by atoms with Crippen molar-refractivity contribution < 1.29 is 9.59 Å². The molecule has 2 amide bonds. The number of halogens is 3. The minimum Gasteiger partial charge on any atom is -0.352 e. The van der Waals surface area contributed by atoms with Crippen molar-refractivity contribution in [2.75, 3.05) is 0 Å². The molecule has 1 fully saturated rings. The zero-order chi connectivity index (χ0) is 23.1. The molecule has 3 rings (SSSR count). The lowest BCUT2D eigenvalue weighted by atomic mass is 9.95. The Balaban J connectivity index is 1.83. The molecule has 32 heavy (non-hydrogen) atoms. The molecule has 0 aromatic heterocycles. The summed E-state index contributed by atoms with van der Waals surface area (Å²) in [6.07, 6.45) is 6.07. The van der Waals surface area contributed by atoms with Gasteiger partial charge in [-0.05, 0) is 48.6 Å². The number of nitrogens with zero attached hydrogens (tertiary/aromatic N) is 1. The summed E-state index contributed by atoms with van der Waals surface area (Å²) in [5.74, 6) is -0.261. The second-order valence-corrected chi connectivity index (χ2v) is 9.53. The minimum atomic E-state index is -0.580. The van der Waals surface area contributed by atoms with E-state index >= 15 is 0 Å². The fourth-order valence-electron chi connectivity index (χ4n) is 4.20. The van der Waals surface area contributed by atoms with Gasteiger partial charge in [0.25, 0.3) is 0 Å². The Morgan fingerprint density at radius 3 is 2.38 bits per heavy atom. The standard InChI is InChI=1S/C25H29Cl3N2O2/c1-2-23(25(32)29-19-9-4-3-5-10-19)30(16-18-8-6-7-11-20(18)26)24(31)15-17-12-13-21(27)22(28)14-17/h6-8,11-14,19,23H,2-5,9-10,15-16H2,1H3,(H,29,32). The third-order valence-electron chi connectivity index (χ3n) is 5.98. The average Bonchev–Trinajstić information content (AvgIpc) is 2.78. The van der Waals surface area contributed by atoms with Crippen LogP contribution in [0.15, 0.2) is 42.5 Å². The number of hydrogen-bond acceptors (Lipinski definition) is 2. The van der Waals surface area contributed by atoms with Gasteiger partial charge >= 0.3 is 0 Å². The maximum Gasteiger partial charge on any atom is 0.243 e. The first kappa shape index (κ1) is 24.9. The van der Waals surface area contributed by atoms with Crippen molar-refractivity contribution in [2.24, 2.45) is 0 Å². The number of carbonyl (C=O) groups excluding carboxylic acids is 2. The number of hydrogen-bond donors (Lipinski definition) is 1. The Kier molecular flexibility index (Phi) is 9.27. The van der Waals surface area contributed by atoms with E-state index in [1.54, 1.807) is 29.2 Å². The third kappa shape index (κ3) is 6.63. The number of benzene rings is 2. The van der Waals surface area contributed by atoms with Gasteiger partial charge < -0.3 is 10.2 Å². The van der Waals surface area contributed by atoms with Gasteiger partial charge in [0.15, 0.2) is 0 Å². The van der Waals surface area contributed by atoms with Crippen LogP contribution in [0.5, 0.6) is 0 Å². The van der Waals surface area contributed by atoms with Crippen molar-refractivity contribution in [1.82, 2.24) is 10.2 Å². The van der Waals surface area contributed by atoms with Gasteiger partial charge in [0.05, 0.1) is 16.5 Å². The fraction of sp³-hybridized carbons (Fsp3) is 0.440. The summed E-state index contributed by atoms with van der Waals surface area (Å²) >= 11 is 18.5. The number of nitrogens with one attached hydrogen (secondary N) is 1. The molecule has 0 spiro atoms. The fourth-order valence-corrected chi connectivity index (χ4v) is 4.72. The summed E-state index contributed by atoms with van der Waals surface area (Å²) in [6.45, 7) is 2.19. The molecule has 1 N–H and O–H groups in total. The first-order valence-electron chi connectivity index (χ1n) is 11.2. The van der Waals surface area contributed by atoms with Gasteiger partial charge in [-0.3, -0.25) is 9.59 Å². The zero-order valence-corrected chi connectivity index (χ0v) is 20.5. The molecule has 7 heteroatoms. The van der Waals surface area contributed by atoms with Crippen LogP contribution < -0.4 is 5.32 Å². The molecule has 1 aliphatic rings. The second kappa shape index (κ2) is 11.9. The molecule has 2 aromatic carbocycles. The first-order chi connectivity index (χ1) is 15.4. The van der Waals surface area contributed by atoms with Crippen LogP contribution in [-0.4, -0.2) is 28.8 Å². The highest BCUT2D eigenvalue weighted by Crippen LogP contribution is 2.25. The van der Waals surface area contributed by atoms with Gasteiger partial charge in [-0.1, -0.05) is 85.3 Å². The quantitative estimate of drug-likeness (QED) is 0.458. The van der Waals surface area contributed by atoms with Crippen molar-refractivity contribution in [1.29, 1.82) is 0 Å².